The molecule has 2 fully saturated rings. The van der Waals surface area contributed by atoms with Crippen LogP contribution in [0.5, 0.6) is 5.75 Å². The first-order valence-electron chi connectivity index (χ1n) is 11.5. The average Bonchev–Trinajstić information content (AvgIpc) is 3.29. The number of hydrogen-bond acceptors (Lipinski definition) is 3. The van der Waals surface area contributed by atoms with Crippen LogP contribution in [0.1, 0.15) is 56.1 Å². The summed E-state index contributed by atoms with van der Waals surface area (Å²) >= 11 is 0. The van der Waals surface area contributed by atoms with E-state index in [0.717, 1.165) is 49.2 Å². The minimum absolute atomic E-state index is 0.121. The number of anilines is 1. The van der Waals surface area contributed by atoms with E-state index in [2.05, 4.69) is 41.4 Å². The van der Waals surface area contributed by atoms with E-state index in [9.17, 15) is 4.79 Å². The first-order chi connectivity index (χ1) is 14.7. The number of nitrogens with zero attached hydrogens (tertiary/aromatic N) is 1. The average molecular weight is 407 g/mol. The van der Waals surface area contributed by atoms with Gasteiger partial charge in [0.25, 0.3) is 0 Å². The first kappa shape index (κ1) is 20.9. The Bertz CT molecular complexity index is 834. The molecule has 1 aliphatic carbocycles. The summed E-state index contributed by atoms with van der Waals surface area (Å²) in [5, 5.41) is 3.20. The Kier molecular flexibility index (Phi) is 6.73. The van der Waals surface area contributed by atoms with Crippen LogP contribution in [0.3, 0.4) is 0 Å². The number of amides is 1. The monoisotopic (exact) mass is 406 g/mol. The number of carbonyl (C=O) groups excluding carboxylic acids is 1. The summed E-state index contributed by atoms with van der Waals surface area (Å²) in [5.41, 5.74) is 2.78. The molecule has 160 valence electrons. The molecule has 2 aromatic carbocycles. The third-order valence-electron chi connectivity index (χ3n) is 6.70. The van der Waals surface area contributed by atoms with Gasteiger partial charge in [0.15, 0.2) is 0 Å². The van der Waals surface area contributed by atoms with E-state index < -0.39 is 5.41 Å². The van der Waals surface area contributed by atoms with Gasteiger partial charge in [0.1, 0.15) is 12.4 Å². The Hall–Kier alpha value is -2.33. The van der Waals surface area contributed by atoms with Crippen LogP contribution < -0.4 is 10.1 Å². The molecular formula is C26H34N2O2. The Balaban J connectivity index is 1.39. The fourth-order valence-corrected chi connectivity index (χ4v) is 4.93. The summed E-state index contributed by atoms with van der Waals surface area (Å²) in [7, 11) is 0. The van der Waals surface area contributed by atoms with E-state index in [4.69, 9.17) is 4.74 Å². The Morgan fingerprint density at radius 1 is 1.00 bits per heavy atom. The van der Waals surface area contributed by atoms with Crippen molar-refractivity contribution in [3.63, 3.8) is 0 Å². The SMILES string of the molecule is Cc1cccc(C2(C(=O)Nc3ccc(OCCN4CCCC4)cc3)CCCCC2)c1. The molecule has 4 heteroatoms. The number of nitrogens with one attached hydrogen (secondary N) is 1. The molecule has 0 atom stereocenters. The molecule has 0 radical (unpaired) electrons. The lowest BCUT2D eigenvalue weighted by molar-refractivity contribution is -0.122. The van der Waals surface area contributed by atoms with Gasteiger partial charge >= 0.3 is 0 Å². The molecule has 0 aromatic heterocycles. The van der Waals surface area contributed by atoms with E-state index in [1.807, 2.05) is 24.3 Å². The lowest BCUT2D eigenvalue weighted by Gasteiger charge is -2.36. The van der Waals surface area contributed by atoms with Crippen LogP contribution in [0.2, 0.25) is 0 Å². The van der Waals surface area contributed by atoms with Crippen molar-refractivity contribution in [1.29, 1.82) is 0 Å². The zero-order chi connectivity index (χ0) is 20.8. The largest absolute Gasteiger partial charge is 0.492 e. The highest BCUT2D eigenvalue weighted by Gasteiger charge is 2.41. The van der Waals surface area contributed by atoms with Gasteiger partial charge in [-0.3, -0.25) is 9.69 Å². The lowest BCUT2D eigenvalue weighted by atomic mass is 9.68. The predicted octanol–water partition coefficient (Wildman–Crippen LogP) is 5.31. The van der Waals surface area contributed by atoms with E-state index >= 15 is 0 Å². The number of rotatable bonds is 7. The maximum absolute atomic E-state index is 13.5. The van der Waals surface area contributed by atoms with Crippen molar-refractivity contribution in [3.05, 3.63) is 59.7 Å². The molecule has 1 amide bonds. The van der Waals surface area contributed by atoms with Crippen LogP contribution in [0.4, 0.5) is 5.69 Å². The standard InChI is InChI=1S/C26H34N2O2/c1-21-8-7-9-22(20-21)26(14-3-2-4-15-26)25(29)27-23-10-12-24(13-11-23)30-19-18-28-16-5-6-17-28/h7-13,20H,2-6,14-19H2,1H3,(H,27,29). The Labute approximate surface area is 180 Å². The summed E-state index contributed by atoms with van der Waals surface area (Å²) in [5.74, 6) is 0.980. The van der Waals surface area contributed by atoms with Gasteiger partial charge in [-0.2, -0.15) is 0 Å². The Morgan fingerprint density at radius 2 is 1.73 bits per heavy atom. The van der Waals surface area contributed by atoms with E-state index in [0.29, 0.717) is 6.61 Å². The lowest BCUT2D eigenvalue weighted by Crippen LogP contribution is -2.42. The van der Waals surface area contributed by atoms with Crippen LogP contribution in [0.25, 0.3) is 0 Å². The normalized spacial score (nSPS) is 18.8. The molecule has 4 nitrogen and oxygen atoms in total. The highest BCUT2D eigenvalue weighted by Crippen LogP contribution is 2.40. The van der Waals surface area contributed by atoms with Crippen LogP contribution in [-0.2, 0) is 10.2 Å². The van der Waals surface area contributed by atoms with Gasteiger partial charge in [-0.05, 0) is 75.5 Å². The molecule has 1 N–H and O–H groups in total. The van der Waals surface area contributed by atoms with Gasteiger partial charge in [-0.15, -0.1) is 0 Å². The summed E-state index contributed by atoms with van der Waals surface area (Å²) in [6.45, 7) is 6.17. The van der Waals surface area contributed by atoms with Crippen molar-refractivity contribution < 1.29 is 9.53 Å². The zero-order valence-electron chi connectivity index (χ0n) is 18.2. The molecule has 4 rings (SSSR count). The second-order valence-electron chi connectivity index (χ2n) is 8.89. The molecule has 0 unspecified atom stereocenters. The van der Waals surface area contributed by atoms with Crippen molar-refractivity contribution in [2.24, 2.45) is 0 Å². The molecule has 1 heterocycles. The third kappa shape index (κ3) is 4.86. The third-order valence-corrected chi connectivity index (χ3v) is 6.70. The van der Waals surface area contributed by atoms with E-state index in [1.165, 1.54) is 37.9 Å². The van der Waals surface area contributed by atoms with Crippen molar-refractivity contribution in [2.45, 2.75) is 57.3 Å². The maximum Gasteiger partial charge on any atom is 0.235 e. The highest BCUT2D eigenvalue weighted by molar-refractivity contribution is 5.99. The molecule has 1 aliphatic heterocycles. The predicted molar refractivity (Wildman–Crippen MR) is 122 cm³/mol. The molecule has 2 aliphatic rings. The van der Waals surface area contributed by atoms with Gasteiger partial charge in [0.2, 0.25) is 5.91 Å². The quantitative estimate of drug-likeness (QED) is 0.677. The summed E-state index contributed by atoms with van der Waals surface area (Å²) in [6.07, 6.45) is 7.86. The number of aryl methyl sites for hydroxylation is 1. The molecule has 2 aromatic rings. The van der Waals surface area contributed by atoms with Crippen molar-refractivity contribution in [3.8, 4) is 5.75 Å². The second kappa shape index (κ2) is 9.65. The molecular weight excluding hydrogens is 372 g/mol. The summed E-state index contributed by atoms with van der Waals surface area (Å²) in [4.78, 5) is 15.9. The highest BCUT2D eigenvalue weighted by atomic mass is 16.5. The molecule has 0 spiro atoms. The minimum atomic E-state index is -0.421. The van der Waals surface area contributed by atoms with Gasteiger partial charge in [-0.25, -0.2) is 0 Å². The fourth-order valence-electron chi connectivity index (χ4n) is 4.93. The maximum atomic E-state index is 13.5. The first-order valence-corrected chi connectivity index (χ1v) is 11.5. The topological polar surface area (TPSA) is 41.6 Å². The second-order valence-corrected chi connectivity index (χ2v) is 8.89. The van der Waals surface area contributed by atoms with Gasteiger partial charge < -0.3 is 10.1 Å². The minimum Gasteiger partial charge on any atom is -0.492 e. The molecule has 1 saturated heterocycles. The molecule has 0 bridgehead atoms. The van der Waals surface area contributed by atoms with Crippen LogP contribution in [0, 0.1) is 6.92 Å². The number of benzene rings is 2. The van der Waals surface area contributed by atoms with Crippen LogP contribution >= 0.6 is 0 Å². The van der Waals surface area contributed by atoms with Crippen molar-refractivity contribution >= 4 is 11.6 Å². The molecule has 1 saturated carbocycles. The van der Waals surface area contributed by atoms with Crippen LogP contribution in [-0.4, -0.2) is 37.0 Å². The number of likely N-dealkylation sites (tertiary alicyclic amines) is 1. The summed E-state index contributed by atoms with van der Waals surface area (Å²) in [6, 6.07) is 16.3. The zero-order valence-corrected chi connectivity index (χ0v) is 18.2. The number of carbonyl (C=O) groups is 1. The van der Waals surface area contributed by atoms with Crippen molar-refractivity contribution in [1.82, 2.24) is 4.90 Å². The number of hydrogen-bond donors (Lipinski definition) is 1. The smallest absolute Gasteiger partial charge is 0.235 e. The van der Waals surface area contributed by atoms with Gasteiger partial charge in [-0.1, -0.05) is 49.1 Å². The Morgan fingerprint density at radius 3 is 2.43 bits per heavy atom. The van der Waals surface area contributed by atoms with Gasteiger partial charge in [0.05, 0.1) is 5.41 Å². The van der Waals surface area contributed by atoms with Gasteiger partial charge in [0, 0.05) is 12.2 Å². The van der Waals surface area contributed by atoms with E-state index in [1.54, 1.807) is 0 Å². The number of ether oxygens (including phenoxy) is 1. The van der Waals surface area contributed by atoms with Crippen LogP contribution in [0.15, 0.2) is 48.5 Å². The van der Waals surface area contributed by atoms with E-state index in [-0.39, 0.29) is 5.91 Å². The van der Waals surface area contributed by atoms with Crippen molar-refractivity contribution in [2.75, 3.05) is 31.6 Å². The fraction of sp³-hybridized carbons (Fsp3) is 0.500. The molecule has 30 heavy (non-hydrogen) atoms. The summed E-state index contributed by atoms with van der Waals surface area (Å²) < 4.78 is 5.89.